The van der Waals surface area contributed by atoms with Crippen LogP contribution in [-0.2, 0) is 22.7 Å². The van der Waals surface area contributed by atoms with Crippen molar-refractivity contribution in [3.05, 3.63) is 45.7 Å². The number of nitrogens with zero attached hydrogens (tertiary/aromatic N) is 4. The lowest BCUT2D eigenvalue weighted by Crippen LogP contribution is -2.52. The van der Waals surface area contributed by atoms with Crippen molar-refractivity contribution in [2.75, 3.05) is 31.1 Å². The number of imide groups is 1. The highest BCUT2D eigenvalue weighted by Crippen LogP contribution is 2.33. The number of benzene rings is 1. The molecule has 1 aromatic heterocycles. The van der Waals surface area contributed by atoms with E-state index in [2.05, 4.69) is 15.2 Å². The Hall–Kier alpha value is -2.85. The summed E-state index contributed by atoms with van der Waals surface area (Å²) in [5, 5.41) is 5.32. The van der Waals surface area contributed by atoms with Crippen LogP contribution in [0, 0.1) is 5.82 Å². The maximum atomic E-state index is 14.9. The van der Waals surface area contributed by atoms with Crippen LogP contribution in [0.15, 0.2) is 23.7 Å². The average Bonchev–Trinajstić information content (AvgIpc) is 3.37. The molecule has 0 bridgehead atoms. The first-order chi connectivity index (χ1) is 15.0. The van der Waals surface area contributed by atoms with E-state index in [9.17, 15) is 18.8 Å². The maximum absolute atomic E-state index is 14.9. The predicted molar refractivity (Wildman–Crippen MR) is 112 cm³/mol. The Morgan fingerprint density at radius 2 is 1.97 bits per heavy atom. The molecule has 3 amide bonds. The number of rotatable bonds is 4. The molecule has 1 aromatic carbocycles. The maximum Gasteiger partial charge on any atom is 0.255 e. The molecule has 1 atom stereocenters. The monoisotopic (exact) mass is 443 g/mol. The Morgan fingerprint density at radius 1 is 1.16 bits per heavy atom. The van der Waals surface area contributed by atoms with Gasteiger partial charge in [-0.15, -0.1) is 11.3 Å². The summed E-state index contributed by atoms with van der Waals surface area (Å²) in [5.41, 5.74) is 1.51. The predicted octanol–water partition coefficient (Wildman–Crippen LogP) is 1.37. The molecule has 2 saturated heterocycles. The minimum atomic E-state index is -0.696. The minimum Gasteiger partial charge on any atom is -0.367 e. The van der Waals surface area contributed by atoms with Crippen molar-refractivity contribution in [1.29, 1.82) is 0 Å². The molecule has 2 fully saturated rings. The number of thiazole rings is 1. The number of carbonyl (C=O) groups is 3. The largest absolute Gasteiger partial charge is 0.367 e. The first-order valence-corrected chi connectivity index (χ1v) is 11.2. The number of nitrogens with one attached hydrogen (secondary N) is 1. The van der Waals surface area contributed by atoms with Gasteiger partial charge in [-0.2, -0.15) is 0 Å². The van der Waals surface area contributed by atoms with E-state index in [1.54, 1.807) is 23.6 Å². The Kier molecular flexibility index (Phi) is 5.19. The fourth-order valence-electron chi connectivity index (χ4n) is 4.49. The van der Waals surface area contributed by atoms with Crippen molar-refractivity contribution in [3.63, 3.8) is 0 Å². The lowest BCUT2D eigenvalue weighted by atomic mass is 10.0. The highest BCUT2D eigenvalue weighted by Gasteiger charge is 2.39. The molecule has 4 heterocycles. The molecular formula is C21H22FN5O3S. The number of halogens is 1. The van der Waals surface area contributed by atoms with Gasteiger partial charge in [-0.25, -0.2) is 9.37 Å². The summed E-state index contributed by atoms with van der Waals surface area (Å²) in [7, 11) is 0. The van der Waals surface area contributed by atoms with Crippen LogP contribution in [0.1, 0.15) is 33.8 Å². The highest BCUT2D eigenvalue weighted by molar-refractivity contribution is 7.09. The third kappa shape index (κ3) is 3.81. The number of carbonyl (C=O) groups excluding carboxylic acids is 3. The Morgan fingerprint density at radius 3 is 2.68 bits per heavy atom. The molecule has 10 heteroatoms. The van der Waals surface area contributed by atoms with Gasteiger partial charge in [-0.05, 0) is 24.1 Å². The van der Waals surface area contributed by atoms with Gasteiger partial charge in [0.2, 0.25) is 11.8 Å². The third-order valence-corrected chi connectivity index (χ3v) is 6.91. The molecule has 0 radical (unpaired) electrons. The fourth-order valence-corrected chi connectivity index (χ4v) is 5.15. The number of piperazine rings is 1. The quantitative estimate of drug-likeness (QED) is 0.719. The average molecular weight is 444 g/mol. The first-order valence-electron chi connectivity index (χ1n) is 10.3. The zero-order valence-electron chi connectivity index (χ0n) is 16.8. The molecule has 1 unspecified atom stereocenters. The van der Waals surface area contributed by atoms with E-state index < -0.39 is 17.8 Å². The van der Waals surface area contributed by atoms with Gasteiger partial charge in [0.25, 0.3) is 5.91 Å². The van der Waals surface area contributed by atoms with Crippen molar-refractivity contribution >= 4 is 34.7 Å². The zero-order chi connectivity index (χ0) is 21.5. The summed E-state index contributed by atoms with van der Waals surface area (Å²) in [6, 6.07) is 2.34. The molecule has 5 rings (SSSR count). The molecule has 1 N–H and O–H groups in total. The van der Waals surface area contributed by atoms with Crippen molar-refractivity contribution in [2.45, 2.75) is 32.0 Å². The van der Waals surface area contributed by atoms with Gasteiger partial charge < -0.3 is 9.80 Å². The van der Waals surface area contributed by atoms with Gasteiger partial charge >= 0.3 is 0 Å². The molecule has 31 heavy (non-hydrogen) atoms. The van der Waals surface area contributed by atoms with Gasteiger partial charge in [0.05, 0.1) is 12.2 Å². The SMILES string of the molecule is O=C1CCC(N2Cc3cc(N4CCN(Cc5nccs5)CC4)c(F)cc3C2=O)C(=O)N1. The fraction of sp³-hybridized carbons (Fsp3) is 0.429. The van der Waals surface area contributed by atoms with Crippen molar-refractivity contribution < 1.29 is 18.8 Å². The summed E-state index contributed by atoms with van der Waals surface area (Å²) in [6.45, 7) is 4.03. The van der Waals surface area contributed by atoms with E-state index in [-0.39, 0.29) is 24.8 Å². The molecule has 0 spiro atoms. The minimum absolute atomic E-state index is 0.196. The topological polar surface area (TPSA) is 85.9 Å². The number of fused-ring (bicyclic) bond motifs is 1. The molecular weight excluding hydrogens is 421 g/mol. The Bertz CT molecular complexity index is 1040. The number of piperidine rings is 1. The van der Waals surface area contributed by atoms with E-state index in [0.717, 1.165) is 30.2 Å². The van der Waals surface area contributed by atoms with E-state index in [1.807, 2.05) is 10.3 Å². The van der Waals surface area contributed by atoms with Crippen LogP contribution >= 0.6 is 11.3 Å². The second kappa shape index (κ2) is 8.01. The highest BCUT2D eigenvalue weighted by atomic mass is 32.1. The van der Waals surface area contributed by atoms with Gasteiger partial charge in [0.1, 0.15) is 16.9 Å². The number of hydrogen-bond donors (Lipinski definition) is 1. The van der Waals surface area contributed by atoms with Gasteiger partial charge in [0.15, 0.2) is 0 Å². The summed E-state index contributed by atoms with van der Waals surface area (Å²) in [4.78, 5) is 46.5. The van der Waals surface area contributed by atoms with Gasteiger partial charge in [0, 0.05) is 56.3 Å². The Labute approximate surface area is 182 Å². The number of amides is 3. The molecule has 8 nitrogen and oxygen atoms in total. The van der Waals surface area contributed by atoms with Crippen LogP contribution in [0.3, 0.4) is 0 Å². The zero-order valence-corrected chi connectivity index (χ0v) is 17.7. The molecule has 0 aliphatic carbocycles. The summed E-state index contributed by atoms with van der Waals surface area (Å²) >= 11 is 1.63. The van der Waals surface area contributed by atoms with Crippen LogP contribution in [-0.4, -0.2) is 64.7 Å². The van der Waals surface area contributed by atoms with Crippen LogP contribution in [0.4, 0.5) is 10.1 Å². The standard InChI is InChI=1S/C21H22FN5O3S/c22-15-10-14-13(11-27(21(14)30)16-1-2-18(28)24-20(16)29)9-17(15)26-6-4-25(5-7-26)12-19-23-3-8-31-19/h3,8-10,16H,1-2,4-7,11-12H2,(H,24,28,29). The van der Waals surface area contributed by atoms with Gasteiger partial charge in [-0.3, -0.25) is 24.6 Å². The number of hydrogen-bond acceptors (Lipinski definition) is 7. The van der Waals surface area contributed by atoms with E-state index in [1.165, 1.54) is 11.0 Å². The van der Waals surface area contributed by atoms with Gasteiger partial charge in [-0.1, -0.05) is 0 Å². The summed E-state index contributed by atoms with van der Waals surface area (Å²) in [6.07, 6.45) is 2.29. The lowest BCUT2D eigenvalue weighted by Gasteiger charge is -2.36. The summed E-state index contributed by atoms with van der Waals surface area (Å²) < 4.78 is 14.9. The van der Waals surface area contributed by atoms with Crippen molar-refractivity contribution in [2.24, 2.45) is 0 Å². The Balaban J connectivity index is 1.29. The van der Waals surface area contributed by atoms with Crippen molar-refractivity contribution in [3.8, 4) is 0 Å². The second-order valence-electron chi connectivity index (χ2n) is 8.05. The second-order valence-corrected chi connectivity index (χ2v) is 9.03. The molecule has 3 aliphatic heterocycles. The molecule has 0 saturated carbocycles. The number of aromatic nitrogens is 1. The van der Waals surface area contributed by atoms with Crippen LogP contribution < -0.4 is 10.2 Å². The number of anilines is 1. The normalized spacial score (nSPS) is 22.1. The molecule has 2 aromatic rings. The summed E-state index contributed by atoms with van der Waals surface area (Å²) in [5.74, 6) is -1.57. The van der Waals surface area contributed by atoms with E-state index in [0.29, 0.717) is 30.8 Å². The van der Waals surface area contributed by atoms with Crippen molar-refractivity contribution in [1.82, 2.24) is 20.1 Å². The van der Waals surface area contributed by atoms with Crippen LogP contribution in [0.5, 0.6) is 0 Å². The van der Waals surface area contributed by atoms with E-state index in [4.69, 9.17) is 0 Å². The smallest absolute Gasteiger partial charge is 0.255 e. The van der Waals surface area contributed by atoms with Crippen LogP contribution in [0.2, 0.25) is 0 Å². The molecule has 3 aliphatic rings. The van der Waals surface area contributed by atoms with Crippen LogP contribution in [0.25, 0.3) is 0 Å². The first kappa shape index (κ1) is 20.1. The molecule has 162 valence electrons. The van der Waals surface area contributed by atoms with E-state index >= 15 is 0 Å². The lowest BCUT2D eigenvalue weighted by molar-refractivity contribution is -0.136. The third-order valence-electron chi connectivity index (χ3n) is 6.15.